The Hall–Kier alpha value is -4.04. The number of pyridine rings is 1. The van der Waals surface area contributed by atoms with Crippen molar-refractivity contribution in [2.75, 3.05) is 4.90 Å². The van der Waals surface area contributed by atoms with Gasteiger partial charge in [-0.2, -0.15) is 0 Å². The molecule has 0 unspecified atom stereocenters. The van der Waals surface area contributed by atoms with Crippen LogP contribution in [-0.2, 0) is 0 Å². The Labute approximate surface area is 189 Å². The van der Waals surface area contributed by atoms with Crippen LogP contribution in [0, 0.1) is 10.1 Å². The Morgan fingerprint density at radius 3 is 2.47 bits per heavy atom. The first-order chi connectivity index (χ1) is 15.6. The van der Waals surface area contributed by atoms with Crippen LogP contribution in [0.3, 0.4) is 0 Å². The normalized spacial score (nSPS) is 17.9. The zero-order chi connectivity index (χ0) is 22.1. The molecule has 0 bridgehead atoms. The first-order valence-electron chi connectivity index (χ1n) is 10.0. The van der Waals surface area contributed by atoms with E-state index in [0.717, 1.165) is 11.4 Å². The van der Waals surface area contributed by atoms with Crippen molar-refractivity contribution in [2.24, 2.45) is 0 Å². The van der Waals surface area contributed by atoms with Gasteiger partial charge in [-0.05, 0) is 54.7 Å². The second-order valence-electron chi connectivity index (χ2n) is 7.31. The number of aromatic nitrogens is 1. The highest BCUT2D eigenvalue weighted by Gasteiger charge is 2.42. The van der Waals surface area contributed by atoms with E-state index < -0.39 is 4.92 Å². The van der Waals surface area contributed by atoms with Crippen molar-refractivity contribution in [1.29, 1.82) is 0 Å². The van der Waals surface area contributed by atoms with Gasteiger partial charge in [0.2, 0.25) is 0 Å². The average Bonchev–Trinajstić information content (AvgIpc) is 3.44. The van der Waals surface area contributed by atoms with Crippen LogP contribution in [0.2, 0.25) is 0 Å². The zero-order valence-electron chi connectivity index (χ0n) is 16.8. The van der Waals surface area contributed by atoms with Gasteiger partial charge < -0.3 is 14.6 Å². The van der Waals surface area contributed by atoms with E-state index in [-0.39, 0.29) is 17.8 Å². The Balaban J connectivity index is 1.61. The minimum absolute atomic E-state index is 0.00495. The molecule has 158 valence electrons. The summed E-state index contributed by atoms with van der Waals surface area (Å²) in [6.07, 6.45) is 1.74. The van der Waals surface area contributed by atoms with Crippen molar-refractivity contribution in [2.45, 2.75) is 12.1 Å². The number of hydrogen-bond acceptors (Lipinski definition) is 5. The summed E-state index contributed by atoms with van der Waals surface area (Å²) in [6.45, 7) is 0. The van der Waals surface area contributed by atoms with Gasteiger partial charge in [0, 0.05) is 18.0 Å². The number of furan rings is 1. The number of para-hydroxylation sites is 2. The van der Waals surface area contributed by atoms with Gasteiger partial charge in [-0.15, -0.1) is 0 Å². The molecule has 3 heterocycles. The van der Waals surface area contributed by atoms with Crippen LogP contribution in [-0.4, -0.2) is 15.0 Å². The van der Waals surface area contributed by atoms with Gasteiger partial charge in [0.1, 0.15) is 17.6 Å². The summed E-state index contributed by atoms with van der Waals surface area (Å²) in [5, 5.41) is 15.4. The number of nitrogens with zero attached hydrogens (tertiary/aromatic N) is 3. The van der Waals surface area contributed by atoms with E-state index in [1.54, 1.807) is 30.5 Å². The van der Waals surface area contributed by atoms with Crippen molar-refractivity contribution >= 4 is 28.7 Å². The molecule has 2 atom stereocenters. The smallest absolute Gasteiger partial charge is 0.280 e. The summed E-state index contributed by atoms with van der Waals surface area (Å²) in [6, 6.07) is 25.1. The largest absolute Gasteiger partial charge is 0.459 e. The highest BCUT2D eigenvalue weighted by Crippen LogP contribution is 2.43. The lowest BCUT2D eigenvalue weighted by molar-refractivity contribution is -0.384. The molecule has 0 spiro atoms. The third-order valence-electron chi connectivity index (χ3n) is 5.42. The molecule has 4 aromatic rings. The van der Waals surface area contributed by atoms with E-state index in [0.29, 0.717) is 22.2 Å². The van der Waals surface area contributed by atoms with Crippen LogP contribution in [0.4, 0.5) is 11.4 Å². The maximum absolute atomic E-state index is 11.5. The molecule has 7 nitrogen and oxygen atoms in total. The molecule has 2 aromatic carbocycles. The second kappa shape index (κ2) is 8.24. The molecule has 1 aliphatic rings. The van der Waals surface area contributed by atoms with Gasteiger partial charge in [0.15, 0.2) is 5.11 Å². The topological polar surface area (TPSA) is 84.4 Å². The van der Waals surface area contributed by atoms with E-state index >= 15 is 0 Å². The SMILES string of the molecule is O=[N+]([O-])c1ccccc1-c1ccc([C@H]2[C@@H](c3ccccn3)NC(=S)N2c2ccccc2)o1. The molecular formula is C24H18N4O3S. The number of hydrogen-bond donors (Lipinski definition) is 1. The van der Waals surface area contributed by atoms with Crippen molar-refractivity contribution in [3.63, 3.8) is 0 Å². The van der Waals surface area contributed by atoms with Crippen molar-refractivity contribution in [1.82, 2.24) is 10.3 Å². The van der Waals surface area contributed by atoms with E-state index in [1.807, 2.05) is 59.5 Å². The molecule has 8 heteroatoms. The Bertz CT molecular complexity index is 1280. The van der Waals surface area contributed by atoms with Gasteiger partial charge in [-0.1, -0.05) is 36.4 Å². The zero-order valence-corrected chi connectivity index (χ0v) is 17.6. The molecule has 1 N–H and O–H groups in total. The summed E-state index contributed by atoms with van der Waals surface area (Å²) >= 11 is 5.69. The number of thiocarbonyl (C=S) groups is 1. The fourth-order valence-corrected chi connectivity index (χ4v) is 4.35. The Morgan fingerprint density at radius 1 is 0.969 bits per heavy atom. The van der Waals surface area contributed by atoms with E-state index in [2.05, 4.69) is 10.3 Å². The third-order valence-corrected chi connectivity index (χ3v) is 5.73. The number of nitro groups is 1. The first kappa shape index (κ1) is 19.9. The Morgan fingerprint density at radius 2 is 1.72 bits per heavy atom. The maximum Gasteiger partial charge on any atom is 0.280 e. The summed E-state index contributed by atoms with van der Waals surface area (Å²) in [5.74, 6) is 1.06. The highest BCUT2D eigenvalue weighted by molar-refractivity contribution is 7.80. The van der Waals surface area contributed by atoms with E-state index in [9.17, 15) is 10.1 Å². The van der Waals surface area contributed by atoms with Gasteiger partial charge in [-0.3, -0.25) is 15.1 Å². The predicted molar refractivity (Wildman–Crippen MR) is 125 cm³/mol. The molecule has 1 aliphatic heterocycles. The Kier molecular flexibility index (Phi) is 5.12. The van der Waals surface area contributed by atoms with E-state index in [4.69, 9.17) is 16.6 Å². The molecule has 1 fully saturated rings. The monoisotopic (exact) mass is 442 g/mol. The molecule has 1 saturated heterocycles. The second-order valence-corrected chi connectivity index (χ2v) is 7.70. The van der Waals surface area contributed by atoms with Gasteiger partial charge >= 0.3 is 0 Å². The quantitative estimate of drug-likeness (QED) is 0.251. The molecule has 0 saturated carbocycles. The maximum atomic E-state index is 11.5. The fourth-order valence-electron chi connectivity index (χ4n) is 4.01. The van der Waals surface area contributed by atoms with Crippen LogP contribution < -0.4 is 10.2 Å². The molecule has 0 aliphatic carbocycles. The summed E-state index contributed by atoms with van der Waals surface area (Å²) in [4.78, 5) is 17.6. The van der Waals surface area contributed by atoms with Crippen molar-refractivity contribution in [3.8, 4) is 11.3 Å². The van der Waals surface area contributed by atoms with E-state index in [1.165, 1.54) is 6.07 Å². The lowest BCUT2D eigenvalue weighted by atomic mass is 10.0. The van der Waals surface area contributed by atoms with Gasteiger partial charge in [0.25, 0.3) is 5.69 Å². The average molecular weight is 443 g/mol. The van der Waals surface area contributed by atoms with Gasteiger partial charge in [0.05, 0.1) is 22.2 Å². The minimum Gasteiger partial charge on any atom is -0.459 e. The first-order valence-corrected chi connectivity index (χ1v) is 10.4. The fraction of sp³-hybridized carbons (Fsp3) is 0.0833. The number of anilines is 1. The lowest BCUT2D eigenvalue weighted by Crippen LogP contribution is -2.29. The van der Waals surface area contributed by atoms with Crippen LogP contribution >= 0.6 is 12.2 Å². The molecule has 0 radical (unpaired) electrons. The standard InChI is InChI=1S/C24H18N4O3S/c29-28(30)19-12-5-4-10-17(19)20-13-14-21(31-20)23-22(18-11-6-7-15-25-18)26-24(32)27(23)16-8-2-1-3-9-16/h1-15,22-23H,(H,26,32)/t22-,23+/m1/s1. The highest BCUT2D eigenvalue weighted by atomic mass is 32.1. The number of rotatable bonds is 5. The predicted octanol–water partition coefficient (Wildman–Crippen LogP) is 5.43. The number of nitro benzene ring substituents is 1. The van der Waals surface area contributed by atoms with Crippen LogP contribution in [0.5, 0.6) is 0 Å². The molecular weight excluding hydrogens is 424 g/mol. The number of nitrogens with one attached hydrogen (secondary N) is 1. The summed E-state index contributed by atoms with van der Waals surface area (Å²) < 4.78 is 6.22. The molecule has 5 rings (SSSR count). The lowest BCUT2D eigenvalue weighted by Gasteiger charge is -2.26. The summed E-state index contributed by atoms with van der Waals surface area (Å²) in [5.41, 5.74) is 2.16. The third kappa shape index (κ3) is 3.50. The van der Waals surface area contributed by atoms with Crippen molar-refractivity contribution < 1.29 is 9.34 Å². The van der Waals surface area contributed by atoms with Crippen LogP contribution in [0.15, 0.2) is 95.5 Å². The van der Waals surface area contributed by atoms with Gasteiger partial charge in [-0.25, -0.2) is 0 Å². The molecule has 2 aromatic heterocycles. The minimum atomic E-state index is -0.406. The van der Waals surface area contributed by atoms with Crippen LogP contribution in [0.25, 0.3) is 11.3 Å². The van der Waals surface area contributed by atoms with Crippen molar-refractivity contribution in [3.05, 3.63) is 113 Å². The molecule has 0 amide bonds. The number of benzene rings is 2. The van der Waals surface area contributed by atoms with Crippen LogP contribution in [0.1, 0.15) is 23.5 Å². The molecule has 32 heavy (non-hydrogen) atoms. The summed E-state index contributed by atoms with van der Waals surface area (Å²) in [7, 11) is 0.